The van der Waals surface area contributed by atoms with Gasteiger partial charge in [-0.2, -0.15) is 0 Å². The fourth-order valence-corrected chi connectivity index (χ4v) is 6.83. The molecule has 0 aromatic heterocycles. The van der Waals surface area contributed by atoms with Crippen LogP contribution in [0.5, 0.6) is 23.0 Å². The number of methoxy groups -OCH3 is 2. The minimum absolute atomic E-state index is 0.0101. The summed E-state index contributed by atoms with van der Waals surface area (Å²) in [6.45, 7) is 9.84. The fourth-order valence-electron chi connectivity index (χ4n) is 6.11. The van der Waals surface area contributed by atoms with Crippen molar-refractivity contribution >= 4 is 56.3 Å². The highest BCUT2D eigenvalue weighted by molar-refractivity contribution is 9.10. The Balaban J connectivity index is 0.000000201. The van der Waals surface area contributed by atoms with E-state index in [9.17, 15) is 14.0 Å². The van der Waals surface area contributed by atoms with Gasteiger partial charge in [-0.15, -0.1) is 0 Å². The molecule has 296 valence electrons. The standard InChI is InChI=1S/C21H22FNO3.C14H16BrNO2.C7H8BBrO3/c1-3-21(24)23-11-9-17(10-12-23)26-18-6-4-5-15(13-18)19-8-7-16(22)14-20(19)25-2;1-2-14(17)16-8-6-12(7-9-16)18-13-5-3-4-11(15)10-13;1-12-7-4-5(9)2-3-6(7)8(10)11/h3-8,13-14,17H,1,9-12H2,2H3;2-5,10,12H,1,6-9H2;2-4,10-11H,1H3. The molecule has 0 radical (unpaired) electrons. The Labute approximate surface area is 344 Å². The van der Waals surface area contributed by atoms with Crippen LogP contribution in [-0.4, -0.2) is 91.4 Å². The van der Waals surface area contributed by atoms with Crippen LogP contribution in [0, 0.1) is 5.82 Å². The number of benzene rings is 4. The van der Waals surface area contributed by atoms with E-state index >= 15 is 0 Å². The first-order valence-electron chi connectivity index (χ1n) is 18.0. The van der Waals surface area contributed by atoms with Crippen molar-refractivity contribution in [3.63, 3.8) is 0 Å². The molecule has 6 rings (SSSR count). The highest BCUT2D eigenvalue weighted by atomic mass is 79.9. The van der Waals surface area contributed by atoms with Crippen molar-refractivity contribution in [2.45, 2.75) is 37.9 Å². The average Bonchev–Trinajstić information content (AvgIpc) is 3.21. The van der Waals surface area contributed by atoms with E-state index in [0.717, 1.165) is 70.3 Å². The molecule has 4 aromatic rings. The summed E-state index contributed by atoms with van der Waals surface area (Å²) in [5.41, 5.74) is 2.07. The highest BCUT2D eigenvalue weighted by Crippen LogP contribution is 2.33. The number of ether oxygens (including phenoxy) is 4. The maximum atomic E-state index is 13.4. The number of nitrogens with zero attached hydrogens (tertiary/aromatic N) is 2. The van der Waals surface area contributed by atoms with Gasteiger partial charge in [0, 0.05) is 77.9 Å². The molecule has 4 aromatic carbocycles. The van der Waals surface area contributed by atoms with E-state index in [0.29, 0.717) is 30.1 Å². The summed E-state index contributed by atoms with van der Waals surface area (Å²) in [4.78, 5) is 26.7. The highest BCUT2D eigenvalue weighted by Gasteiger charge is 2.24. The molecule has 2 heterocycles. The third kappa shape index (κ3) is 13.3. The van der Waals surface area contributed by atoms with Gasteiger partial charge in [-0.05, 0) is 72.3 Å². The number of rotatable bonds is 10. The van der Waals surface area contributed by atoms with Gasteiger partial charge in [0.1, 0.15) is 41.0 Å². The second kappa shape index (κ2) is 22.2. The predicted octanol–water partition coefficient (Wildman–Crippen LogP) is 7.20. The summed E-state index contributed by atoms with van der Waals surface area (Å²) < 4.78 is 37.5. The van der Waals surface area contributed by atoms with Gasteiger partial charge in [-0.25, -0.2) is 4.39 Å². The summed E-state index contributed by atoms with van der Waals surface area (Å²) in [5.74, 6) is 2.21. The molecule has 2 saturated heterocycles. The zero-order valence-corrected chi connectivity index (χ0v) is 34.6. The summed E-state index contributed by atoms with van der Waals surface area (Å²) in [6.07, 6.45) is 6.27. The SMILES string of the molecule is C=CC(=O)N1CCC(Oc2cccc(-c3ccc(F)cc3OC)c2)CC1.C=CC(=O)N1CCC(Oc2cccc(Br)c2)CC1.COc1cc(Br)ccc1B(O)O. The van der Waals surface area contributed by atoms with Gasteiger partial charge in [0.25, 0.3) is 0 Å². The van der Waals surface area contributed by atoms with Crippen molar-refractivity contribution in [1.82, 2.24) is 9.80 Å². The molecular weight excluding hydrogens is 850 g/mol. The summed E-state index contributed by atoms with van der Waals surface area (Å²) in [6, 6.07) is 25.0. The summed E-state index contributed by atoms with van der Waals surface area (Å²) in [5, 5.41) is 17.8. The maximum Gasteiger partial charge on any atom is 0.492 e. The predicted molar refractivity (Wildman–Crippen MR) is 224 cm³/mol. The lowest BCUT2D eigenvalue weighted by molar-refractivity contribution is -0.128. The number of hydrogen-bond acceptors (Lipinski definition) is 8. The molecule has 2 amide bonds. The van der Waals surface area contributed by atoms with Crippen LogP contribution < -0.4 is 24.4 Å². The monoisotopic (exact) mass is 894 g/mol. The fraction of sp³-hybridized carbons (Fsp3) is 0.286. The number of likely N-dealkylation sites (tertiary alicyclic amines) is 2. The number of carbonyl (C=O) groups is 2. The van der Waals surface area contributed by atoms with Crippen molar-refractivity contribution < 1.29 is 43.0 Å². The van der Waals surface area contributed by atoms with Crippen LogP contribution in [0.25, 0.3) is 11.1 Å². The van der Waals surface area contributed by atoms with E-state index in [1.807, 2.05) is 53.4 Å². The van der Waals surface area contributed by atoms with Crippen molar-refractivity contribution in [3.8, 4) is 34.1 Å². The lowest BCUT2D eigenvalue weighted by Crippen LogP contribution is -2.41. The van der Waals surface area contributed by atoms with E-state index < -0.39 is 7.12 Å². The number of halogens is 3. The Kier molecular flexibility index (Phi) is 17.5. The molecule has 2 N–H and O–H groups in total. The quantitative estimate of drug-likeness (QED) is 0.127. The first kappa shape index (κ1) is 44.1. The van der Waals surface area contributed by atoms with Crippen LogP contribution in [0.3, 0.4) is 0 Å². The molecule has 0 spiro atoms. The van der Waals surface area contributed by atoms with Crippen LogP contribution in [0.2, 0.25) is 0 Å². The molecule has 2 aliphatic heterocycles. The van der Waals surface area contributed by atoms with Crippen LogP contribution in [0.4, 0.5) is 4.39 Å². The van der Waals surface area contributed by atoms with E-state index in [-0.39, 0.29) is 29.8 Å². The molecule has 10 nitrogen and oxygen atoms in total. The normalized spacial score (nSPS) is 14.2. The second-order valence-corrected chi connectivity index (χ2v) is 14.6. The maximum absolute atomic E-state index is 13.4. The van der Waals surface area contributed by atoms with E-state index in [4.69, 9.17) is 29.0 Å². The van der Waals surface area contributed by atoms with E-state index in [1.54, 1.807) is 29.2 Å². The zero-order valence-electron chi connectivity index (χ0n) is 31.4. The number of hydrogen-bond donors (Lipinski definition) is 2. The molecule has 2 aliphatic rings. The third-order valence-corrected chi connectivity index (χ3v) is 10.0. The zero-order chi connectivity index (χ0) is 40.6. The lowest BCUT2D eigenvalue weighted by atomic mass is 9.80. The largest absolute Gasteiger partial charge is 0.497 e. The number of carbonyl (C=O) groups excluding carboxylic acids is 2. The molecule has 0 unspecified atom stereocenters. The van der Waals surface area contributed by atoms with Gasteiger partial charge in [0.2, 0.25) is 11.8 Å². The molecule has 0 saturated carbocycles. The van der Waals surface area contributed by atoms with Gasteiger partial charge in [0.15, 0.2) is 0 Å². The lowest BCUT2D eigenvalue weighted by Gasteiger charge is -2.31. The summed E-state index contributed by atoms with van der Waals surface area (Å²) in [7, 11) is 1.51. The molecule has 2 fully saturated rings. The average molecular weight is 896 g/mol. The molecule has 14 heteroatoms. The van der Waals surface area contributed by atoms with Crippen molar-refractivity contribution in [2.75, 3.05) is 40.4 Å². The van der Waals surface area contributed by atoms with Crippen LogP contribution in [-0.2, 0) is 9.59 Å². The van der Waals surface area contributed by atoms with Crippen molar-refractivity contribution in [1.29, 1.82) is 0 Å². The minimum atomic E-state index is -1.49. The van der Waals surface area contributed by atoms with Gasteiger partial charge in [0.05, 0.1) is 14.2 Å². The van der Waals surface area contributed by atoms with E-state index in [1.165, 1.54) is 38.5 Å². The minimum Gasteiger partial charge on any atom is -0.497 e. The van der Waals surface area contributed by atoms with Gasteiger partial charge < -0.3 is 38.8 Å². The first-order valence-corrected chi connectivity index (χ1v) is 19.6. The van der Waals surface area contributed by atoms with Crippen molar-refractivity contribution in [2.24, 2.45) is 0 Å². The Hall–Kier alpha value is -4.63. The molecule has 0 atom stereocenters. The topological polar surface area (TPSA) is 118 Å². The Morgan fingerprint density at radius 1 is 0.714 bits per heavy atom. The third-order valence-electron chi connectivity index (χ3n) is 9.04. The van der Waals surface area contributed by atoms with Crippen LogP contribution in [0.15, 0.2) is 119 Å². The Morgan fingerprint density at radius 3 is 1.73 bits per heavy atom. The van der Waals surface area contributed by atoms with Crippen LogP contribution in [0.1, 0.15) is 25.7 Å². The Morgan fingerprint density at radius 2 is 1.23 bits per heavy atom. The smallest absolute Gasteiger partial charge is 0.492 e. The number of piperidine rings is 2. The van der Waals surface area contributed by atoms with Gasteiger partial charge in [-0.1, -0.05) is 69.3 Å². The van der Waals surface area contributed by atoms with Gasteiger partial charge >= 0.3 is 7.12 Å². The van der Waals surface area contributed by atoms with Crippen LogP contribution >= 0.6 is 31.9 Å². The Bertz CT molecular complexity index is 1930. The molecular formula is C42H46BBr2FN2O8. The molecule has 0 bridgehead atoms. The van der Waals surface area contributed by atoms with Gasteiger partial charge in [-0.3, -0.25) is 9.59 Å². The van der Waals surface area contributed by atoms with Crippen molar-refractivity contribution in [3.05, 3.63) is 125 Å². The number of amides is 2. The first-order chi connectivity index (χ1) is 26.9. The summed E-state index contributed by atoms with van der Waals surface area (Å²) >= 11 is 6.66. The molecule has 56 heavy (non-hydrogen) atoms. The molecule has 0 aliphatic carbocycles. The second-order valence-electron chi connectivity index (χ2n) is 12.8. The van der Waals surface area contributed by atoms with E-state index in [2.05, 4.69) is 45.0 Å².